The van der Waals surface area contributed by atoms with E-state index >= 15 is 0 Å². The lowest BCUT2D eigenvalue weighted by Crippen LogP contribution is -2.40. The van der Waals surface area contributed by atoms with Crippen LogP contribution in [0.5, 0.6) is 0 Å². The van der Waals surface area contributed by atoms with Crippen LogP contribution in [0.1, 0.15) is 341 Å². The number of quaternary nitrogens is 1. The fourth-order valence-corrected chi connectivity index (χ4v) is 10.1. The van der Waals surface area contributed by atoms with Gasteiger partial charge in [-0.2, -0.15) is 0 Å². The van der Waals surface area contributed by atoms with Crippen LogP contribution in [0.15, 0.2) is 0 Å². The van der Waals surface area contributed by atoms with E-state index in [1.807, 2.05) is 21.1 Å². The van der Waals surface area contributed by atoms with Crippen LogP contribution < -0.4 is 0 Å². The SMILES string of the molecule is CCCCCCCCCCCCCCCCCCCCCCCCCCCCCCCC(=O)OC(COC(=O)CCCCCCCCCCCCCCCCCCCCCC)COC(OCC[N+](C)(C)C)C(=O)O. The molecular formula is C65H128NO8+. The summed E-state index contributed by atoms with van der Waals surface area (Å²) in [6, 6.07) is 0. The Labute approximate surface area is 460 Å². The van der Waals surface area contributed by atoms with Gasteiger partial charge in [-0.25, -0.2) is 4.79 Å². The molecule has 0 rings (SSSR count). The average Bonchev–Trinajstić information content (AvgIpc) is 3.37. The van der Waals surface area contributed by atoms with E-state index < -0.39 is 18.4 Å². The van der Waals surface area contributed by atoms with Gasteiger partial charge in [-0.1, -0.05) is 316 Å². The number of carboxylic acids is 1. The number of hydrogen-bond acceptors (Lipinski definition) is 7. The molecule has 0 aliphatic rings. The Morgan fingerprint density at radius 2 is 0.608 bits per heavy atom. The van der Waals surface area contributed by atoms with Crippen molar-refractivity contribution in [3.8, 4) is 0 Å². The number of likely N-dealkylation sites (N-methyl/N-ethyl adjacent to an activating group) is 1. The Morgan fingerprint density at radius 3 is 0.865 bits per heavy atom. The van der Waals surface area contributed by atoms with E-state index in [9.17, 15) is 19.5 Å². The molecule has 0 spiro atoms. The Balaban J connectivity index is 4.08. The number of ether oxygens (including phenoxy) is 4. The maximum atomic E-state index is 12.9. The monoisotopic (exact) mass is 1050 g/mol. The first-order chi connectivity index (χ1) is 36.1. The maximum absolute atomic E-state index is 12.9. The topological polar surface area (TPSA) is 108 Å². The van der Waals surface area contributed by atoms with E-state index in [-0.39, 0.29) is 38.2 Å². The van der Waals surface area contributed by atoms with Crippen molar-refractivity contribution < 1.29 is 42.9 Å². The van der Waals surface area contributed by atoms with Crippen molar-refractivity contribution in [2.24, 2.45) is 0 Å². The second kappa shape index (κ2) is 57.5. The fourth-order valence-electron chi connectivity index (χ4n) is 10.1. The summed E-state index contributed by atoms with van der Waals surface area (Å²) in [4.78, 5) is 37.5. The van der Waals surface area contributed by atoms with E-state index in [0.717, 1.165) is 38.5 Å². The van der Waals surface area contributed by atoms with E-state index in [1.54, 1.807) is 0 Å². The highest BCUT2D eigenvalue weighted by Gasteiger charge is 2.25. The number of esters is 2. The molecule has 0 aromatic heterocycles. The Bertz CT molecular complexity index is 1180. The van der Waals surface area contributed by atoms with Crippen LogP contribution in [0.2, 0.25) is 0 Å². The fraction of sp³-hybridized carbons (Fsp3) is 0.954. The Hall–Kier alpha value is -1.71. The molecule has 0 aromatic rings. The van der Waals surface area contributed by atoms with Gasteiger partial charge in [0.2, 0.25) is 0 Å². The summed E-state index contributed by atoms with van der Waals surface area (Å²) >= 11 is 0. The first-order valence-corrected chi connectivity index (χ1v) is 32.7. The minimum Gasteiger partial charge on any atom is -0.477 e. The number of rotatable bonds is 62. The molecule has 0 aliphatic heterocycles. The quantitative estimate of drug-likeness (QED) is 0.0278. The number of aliphatic carboxylic acids is 1. The van der Waals surface area contributed by atoms with Gasteiger partial charge in [0, 0.05) is 12.8 Å². The summed E-state index contributed by atoms with van der Waals surface area (Å²) < 4.78 is 23.0. The van der Waals surface area contributed by atoms with Crippen molar-refractivity contribution in [1.29, 1.82) is 0 Å². The van der Waals surface area contributed by atoms with Crippen LogP contribution in [0.25, 0.3) is 0 Å². The molecule has 74 heavy (non-hydrogen) atoms. The minimum atomic E-state index is -1.50. The van der Waals surface area contributed by atoms with Crippen LogP contribution in [0, 0.1) is 0 Å². The summed E-state index contributed by atoms with van der Waals surface area (Å²) in [5.41, 5.74) is 0. The number of carboxylic acid groups (broad SMARTS) is 1. The average molecular weight is 1050 g/mol. The van der Waals surface area contributed by atoms with E-state index in [2.05, 4.69) is 13.8 Å². The molecule has 0 radical (unpaired) electrons. The summed E-state index contributed by atoms with van der Waals surface area (Å²) in [7, 11) is 5.99. The number of nitrogens with zero attached hydrogens (tertiary/aromatic N) is 1. The van der Waals surface area contributed by atoms with Crippen LogP contribution in [0.4, 0.5) is 0 Å². The number of unbranched alkanes of at least 4 members (excludes halogenated alkanes) is 47. The molecule has 0 aliphatic carbocycles. The molecule has 0 amide bonds. The highest BCUT2D eigenvalue weighted by Crippen LogP contribution is 2.19. The van der Waals surface area contributed by atoms with Gasteiger partial charge in [-0.15, -0.1) is 0 Å². The molecular weight excluding hydrogens is 923 g/mol. The molecule has 1 N–H and O–H groups in total. The Morgan fingerprint density at radius 1 is 0.351 bits per heavy atom. The number of carbonyl (C=O) groups is 3. The normalized spacial score (nSPS) is 12.6. The molecule has 0 fully saturated rings. The van der Waals surface area contributed by atoms with Gasteiger partial charge in [-0.3, -0.25) is 9.59 Å². The highest BCUT2D eigenvalue weighted by molar-refractivity contribution is 5.71. The second-order valence-corrected chi connectivity index (χ2v) is 23.8. The first-order valence-electron chi connectivity index (χ1n) is 32.7. The zero-order valence-electron chi connectivity index (χ0n) is 50.3. The molecule has 0 bridgehead atoms. The van der Waals surface area contributed by atoms with Crippen LogP contribution >= 0.6 is 0 Å². The third kappa shape index (κ3) is 58.0. The molecule has 2 unspecified atom stereocenters. The summed E-state index contributed by atoms with van der Waals surface area (Å²) in [5, 5.41) is 9.72. The van der Waals surface area contributed by atoms with Gasteiger partial charge in [0.15, 0.2) is 6.10 Å². The lowest BCUT2D eigenvalue weighted by atomic mass is 10.0. The van der Waals surface area contributed by atoms with Crippen molar-refractivity contribution in [2.75, 3.05) is 47.5 Å². The summed E-state index contributed by atoms with van der Waals surface area (Å²) in [5.74, 6) is -1.97. The van der Waals surface area contributed by atoms with E-state index in [4.69, 9.17) is 18.9 Å². The van der Waals surface area contributed by atoms with E-state index in [0.29, 0.717) is 17.4 Å². The lowest BCUT2D eigenvalue weighted by molar-refractivity contribution is -0.870. The predicted molar refractivity (Wildman–Crippen MR) is 314 cm³/mol. The van der Waals surface area contributed by atoms with Crippen molar-refractivity contribution in [1.82, 2.24) is 0 Å². The van der Waals surface area contributed by atoms with Crippen molar-refractivity contribution in [3.63, 3.8) is 0 Å². The summed E-state index contributed by atoms with van der Waals surface area (Å²) in [6.07, 6.45) is 63.5. The highest BCUT2D eigenvalue weighted by atomic mass is 16.7. The molecule has 0 aromatic carbocycles. The zero-order chi connectivity index (χ0) is 54.1. The molecule has 440 valence electrons. The van der Waals surface area contributed by atoms with Crippen LogP contribution in [0.3, 0.4) is 0 Å². The Kier molecular flexibility index (Phi) is 56.1. The van der Waals surface area contributed by atoms with Gasteiger partial charge < -0.3 is 28.5 Å². The first kappa shape index (κ1) is 72.3. The molecule has 0 heterocycles. The van der Waals surface area contributed by atoms with Gasteiger partial charge in [0.05, 0.1) is 34.4 Å². The van der Waals surface area contributed by atoms with Gasteiger partial charge in [0.1, 0.15) is 13.2 Å². The van der Waals surface area contributed by atoms with Crippen molar-refractivity contribution in [3.05, 3.63) is 0 Å². The predicted octanol–water partition coefficient (Wildman–Crippen LogP) is 19.5. The van der Waals surface area contributed by atoms with Crippen molar-refractivity contribution >= 4 is 17.9 Å². The van der Waals surface area contributed by atoms with Gasteiger partial charge >= 0.3 is 17.9 Å². The smallest absolute Gasteiger partial charge is 0.361 e. The second-order valence-electron chi connectivity index (χ2n) is 23.8. The number of hydrogen-bond donors (Lipinski definition) is 1. The standard InChI is InChI=1S/C65H127NO8/c1-6-8-10-12-14-16-18-20-22-24-26-28-29-30-31-32-33-34-35-36-38-40-42-44-46-48-50-52-54-56-63(68)74-61(60-73-65(64(69)70)71-58-57-66(3,4)5)59-72-62(67)55-53-51-49-47-45-43-41-39-37-27-25-23-21-19-17-15-13-11-9-7-2/h61,65H,6-60H2,1-5H3/p+1. The molecule has 2 atom stereocenters. The maximum Gasteiger partial charge on any atom is 0.361 e. The van der Waals surface area contributed by atoms with Crippen molar-refractivity contribution in [2.45, 2.75) is 354 Å². The van der Waals surface area contributed by atoms with E-state index in [1.165, 1.54) is 276 Å². The minimum absolute atomic E-state index is 0.172. The van der Waals surface area contributed by atoms with Crippen LogP contribution in [-0.4, -0.2) is 87.4 Å². The van der Waals surface area contributed by atoms with Gasteiger partial charge in [0.25, 0.3) is 6.29 Å². The largest absolute Gasteiger partial charge is 0.477 e. The molecule has 9 heteroatoms. The van der Waals surface area contributed by atoms with Gasteiger partial charge in [-0.05, 0) is 12.8 Å². The molecule has 0 saturated heterocycles. The summed E-state index contributed by atoms with van der Waals surface area (Å²) in [6.45, 7) is 4.96. The third-order valence-corrected chi connectivity index (χ3v) is 15.1. The van der Waals surface area contributed by atoms with Crippen LogP contribution in [-0.2, 0) is 33.3 Å². The third-order valence-electron chi connectivity index (χ3n) is 15.1. The number of carbonyl (C=O) groups excluding carboxylic acids is 2. The zero-order valence-corrected chi connectivity index (χ0v) is 50.3. The lowest BCUT2D eigenvalue weighted by Gasteiger charge is -2.25. The molecule has 9 nitrogen and oxygen atoms in total. The molecule has 0 saturated carbocycles.